The minimum Gasteiger partial charge on any atom is -0.396 e. The lowest BCUT2D eigenvalue weighted by Gasteiger charge is -2.17. The van der Waals surface area contributed by atoms with Gasteiger partial charge in [-0.2, -0.15) is 0 Å². The van der Waals surface area contributed by atoms with Crippen molar-refractivity contribution in [3.8, 4) is 0 Å². The lowest BCUT2D eigenvalue weighted by molar-refractivity contribution is 0.245. The summed E-state index contributed by atoms with van der Waals surface area (Å²) in [6.07, 6.45) is 2.91. The van der Waals surface area contributed by atoms with Crippen LogP contribution in [0.25, 0.3) is 0 Å². The van der Waals surface area contributed by atoms with Gasteiger partial charge in [-0.3, -0.25) is 4.99 Å². The van der Waals surface area contributed by atoms with Crippen molar-refractivity contribution in [1.29, 1.82) is 0 Å². The summed E-state index contributed by atoms with van der Waals surface area (Å²) in [4.78, 5) is 4.72. The van der Waals surface area contributed by atoms with Gasteiger partial charge >= 0.3 is 0 Å². The summed E-state index contributed by atoms with van der Waals surface area (Å²) in [5, 5.41) is 16.0. The highest BCUT2D eigenvalue weighted by Gasteiger charge is 2.10. The average Bonchev–Trinajstić information content (AvgIpc) is 2.52. The van der Waals surface area contributed by atoms with Gasteiger partial charge in [0.05, 0.1) is 0 Å². The summed E-state index contributed by atoms with van der Waals surface area (Å²) < 4.78 is 0. The van der Waals surface area contributed by atoms with Crippen LogP contribution in [0.4, 0.5) is 0 Å². The molecule has 1 unspecified atom stereocenters. The van der Waals surface area contributed by atoms with Gasteiger partial charge in [0.2, 0.25) is 0 Å². The van der Waals surface area contributed by atoms with Gasteiger partial charge in [-0.15, -0.1) is 0 Å². The first-order valence-electron chi connectivity index (χ1n) is 9.23. The number of nitrogens with zero attached hydrogens (tertiary/aromatic N) is 1. The molecule has 136 valence electrons. The summed E-state index contributed by atoms with van der Waals surface area (Å²) in [7, 11) is 0. The van der Waals surface area contributed by atoms with Crippen molar-refractivity contribution in [2.45, 2.75) is 47.0 Å². The van der Waals surface area contributed by atoms with Gasteiger partial charge in [-0.25, -0.2) is 0 Å². The van der Waals surface area contributed by atoms with Crippen LogP contribution in [0.1, 0.15) is 44.7 Å². The molecule has 1 aromatic rings. The highest BCUT2D eigenvalue weighted by atomic mass is 16.3. The van der Waals surface area contributed by atoms with Crippen LogP contribution in [0.5, 0.6) is 0 Å². The van der Waals surface area contributed by atoms with Crippen LogP contribution in [0.2, 0.25) is 0 Å². The molecule has 0 amide bonds. The molecule has 0 heterocycles. The molecular formula is C20H35N3O. The Kier molecular flexibility index (Phi) is 10.2. The minimum atomic E-state index is 0.240. The lowest BCUT2D eigenvalue weighted by Crippen LogP contribution is -2.38. The fourth-order valence-corrected chi connectivity index (χ4v) is 2.89. The number of aliphatic hydroxyl groups excluding tert-OH is 1. The molecule has 0 aliphatic heterocycles. The van der Waals surface area contributed by atoms with Crippen LogP contribution in [-0.4, -0.2) is 37.3 Å². The summed E-state index contributed by atoms with van der Waals surface area (Å²) >= 11 is 0. The molecule has 0 aliphatic rings. The van der Waals surface area contributed by atoms with Gasteiger partial charge in [0.15, 0.2) is 5.96 Å². The van der Waals surface area contributed by atoms with Gasteiger partial charge in [0.1, 0.15) is 0 Å². The fourth-order valence-electron chi connectivity index (χ4n) is 2.89. The van der Waals surface area contributed by atoms with E-state index in [1.807, 2.05) is 0 Å². The van der Waals surface area contributed by atoms with Crippen LogP contribution < -0.4 is 10.6 Å². The maximum Gasteiger partial charge on any atom is 0.191 e. The van der Waals surface area contributed by atoms with Crippen LogP contribution in [0.15, 0.2) is 29.3 Å². The summed E-state index contributed by atoms with van der Waals surface area (Å²) in [6.45, 7) is 11.4. The summed E-state index contributed by atoms with van der Waals surface area (Å²) in [5.41, 5.74) is 2.64. The molecule has 0 radical (unpaired) electrons. The first kappa shape index (κ1) is 20.5. The predicted octanol–water partition coefficient (Wildman–Crippen LogP) is 3.14. The van der Waals surface area contributed by atoms with Crippen molar-refractivity contribution in [2.75, 3.05) is 26.2 Å². The number of nitrogens with one attached hydrogen (secondary N) is 2. The average molecular weight is 334 g/mol. The third-order valence-corrected chi connectivity index (χ3v) is 3.98. The smallest absolute Gasteiger partial charge is 0.191 e. The van der Waals surface area contributed by atoms with Gasteiger partial charge in [0, 0.05) is 26.2 Å². The van der Waals surface area contributed by atoms with Gasteiger partial charge < -0.3 is 15.7 Å². The SMILES string of the molecule is CCNC(=NCC(CCO)CC(C)C)NCCc1cccc(C)c1. The molecule has 0 fully saturated rings. The molecule has 0 aliphatic carbocycles. The Morgan fingerprint density at radius 3 is 2.67 bits per heavy atom. The minimum absolute atomic E-state index is 0.240. The van der Waals surface area contributed by atoms with E-state index < -0.39 is 0 Å². The molecule has 1 atom stereocenters. The first-order chi connectivity index (χ1) is 11.5. The third kappa shape index (κ3) is 8.92. The maximum atomic E-state index is 9.23. The molecule has 0 bridgehead atoms. The highest BCUT2D eigenvalue weighted by Crippen LogP contribution is 2.15. The Balaban J connectivity index is 2.51. The molecule has 1 aromatic carbocycles. The topological polar surface area (TPSA) is 56.7 Å². The van der Waals surface area contributed by atoms with E-state index in [9.17, 15) is 5.11 Å². The van der Waals surface area contributed by atoms with E-state index in [1.165, 1.54) is 11.1 Å². The molecule has 0 saturated heterocycles. The van der Waals surface area contributed by atoms with E-state index in [2.05, 4.69) is 62.6 Å². The maximum absolute atomic E-state index is 9.23. The Bertz CT molecular complexity index is 486. The van der Waals surface area contributed by atoms with E-state index in [4.69, 9.17) is 4.99 Å². The Morgan fingerprint density at radius 1 is 1.25 bits per heavy atom. The van der Waals surface area contributed by atoms with Crippen molar-refractivity contribution in [3.05, 3.63) is 35.4 Å². The van der Waals surface area contributed by atoms with Crippen LogP contribution in [0.3, 0.4) is 0 Å². The molecule has 0 spiro atoms. The number of aliphatic imine (C=N–C) groups is 1. The zero-order chi connectivity index (χ0) is 17.8. The molecule has 0 saturated carbocycles. The highest BCUT2D eigenvalue weighted by molar-refractivity contribution is 5.79. The number of benzene rings is 1. The molecule has 24 heavy (non-hydrogen) atoms. The second-order valence-electron chi connectivity index (χ2n) is 6.89. The van der Waals surface area contributed by atoms with Crippen molar-refractivity contribution in [3.63, 3.8) is 0 Å². The monoisotopic (exact) mass is 333 g/mol. The van der Waals surface area contributed by atoms with Gasteiger partial charge in [-0.05, 0) is 50.5 Å². The van der Waals surface area contributed by atoms with E-state index in [0.717, 1.165) is 44.9 Å². The molecule has 0 aromatic heterocycles. The number of aliphatic hydroxyl groups is 1. The molecule has 4 heteroatoms. The standard InChI is InChI=1S/C20H35N3O/c1-5-21-20(23-15-19(10-12-24)13-16(2)3)22-11-9-18-8-6-7-17(4)14-18/h6-8,14,16,19,24H,5,9-13,15H2,1-4H3,(H2,21,22,23). The number of hydrogen-bond donors (Lipinski definition) is 3. The molecule has 1 rings (SSSR count). The summed E-state index contributed by atoms with van der Waals surface area (Å²) in [5.74, 6) is 1.95. The first-order valence-corrected chi connectivity index (χ1v) is 9.23. The van der Waals surface area contributed by atoms with E-state index in [1.54, 1.807) is 0 Å². The van der Waals surface area contributed by atoms with E-state index >= 15 is 0 Å². The summed E-state index contributed by atoms with van der Waals surface area (Å²) in [6, 6.07) is 8.62. The molecule has 4 nitrogen and oxygen atoms in total. The van der Waals surface area contributed by atoms with E-state index in [0.29, 0.717) is 11.8 Å². The Hall–Kier alpha value is -1.55. The second kappa shape index (κ2) is 11.9. The Labute approximate surface area is 147 Å². The van der Waals surface area contributed by atoms with E-state index in [-0.39, 0.29) is 6.61 Å². The normalized spacial score (nSPS) is 13.2. The number of guanidine groups is 1. The second-order valence-corrected chi connectivity index (χ2v) is 6.89. The zero-order valence-electron chi connectivity index (χ0n) is 15.8. The number of hydrogen-bond acceptors (Lipinski definition) is 2. The van der Waals surface area contributed by atoms with Crippen molar-refractivity contribution in [1.82, 2.24) is 10.6 Å². The third-order valence-electron chi connectivity index (χ3n) is 3.98. The van der Waals surface area contributed by atoms with Crippen molar-refractivity contribution in [2.24, 2.45) is 16.8 Å². The zero-order valence-corrected chi connectivity index (χ0v) is 15.8. The van der Waals surface area contributed by atoms with Crippen LogP contribution >= 0.6 is 0 Å². The Morgan fingerprint density at radius 2 is 2.04 bits per heavy atom. The fraction of sp³-hybridized carbons (Fsp3) is 0.650. The molecular weight excluding hydrogens is 298 g/mol. The molecule has 3 N–H and O–H groups in total. The quantitative estimate of drug-likeness (QED) is 0.455. The number of rotatable bonds is 10. The largest absolute Gasteiger partial charge is 0.396 e. The van der Waals surface area contributed by atoms with Crippen molar-refractivity contribution >= 4 is 5.96 Å². The number of aryl methyl sites for hydroxylation is 1. The van der Waals surface area contributed by atoms with Crippen LogP contribution in [-0.2, 0) is 6.42 Å². The van der Waals surface area contributed by atoms with Gasteiger partial charge in [-0.1, -0.05) is 43.7 Å². The van der Waals surface area contributed by atoms with Crippen LogP contribution in [0, 0.1) is 18.8 Å². The van der Waals surface area contributed by atoms with Crippen molar-refractivity contribution < 1.29 is 5.11 Å². The predicted molar refractivity (Wildman–Crippen MR) is 104 cm³/mol. The van der Waals surface area contributed by atoms with Gasteiger partial charge in [0.25, 0.3) is 0 Å². The lowest BCUT2D eigenvalue weighted by atomic mass is 9.94.